The molecule has 1 unspecified atom stereocenters. The van der Waals surface area contributed by atoms with Crippen molar-refractivity contribution in [1.82, 2.24) is 14.5 Å². The number of carbonyl (C=O) groups is 2. The first-order chi connectivity index (χ1) is 18.2. The van der Waals surface area contributed by atoms with Crippen molar-refractivity contribution in [3.05, 3.63) is 64.7 Å². The summed E-state index contributed by atoms with van der Waals surface area (Å²) in [6, 6.07) is 14.0. The molecule has 208 valence electrons. The molecule has 2 aromatic rings. The van der Waals surface area contributed by atoms with Gasteiger partial charge in [0.1, 0.15) is 0 Å². The van der Waals surface area contributed by atoms with Crippen molar-refractivity contribution in [2.75, 3.05) is 45.9 Å². The molecule has 1 heterocycles. The SMILES string of the molecule is CCOC(=O)C1CCN(S(=O)(=O)c2cccc(C(=O)CNCC(c3ccc(Cl)cc3)N(CC)CC)c2)CC1. The van der Waals surface area contributed by atoms with Gasteiger partial charge in [-0.15, -0.1) is 0 Å². The summed E-state index contributed by atoms with van der Waals surface area (Å²) >= 11 is 6.06. The largest absolute Gasteiger partial charge is 0.466 e. The molecule has 0 saturated carbocycles. The predicted molar refractivity (Wildman–Crippen MR) is 149 cm³/mol. The lowest BCUT2D eigenvalue weighted by Gasteiger charge is -2.30. The average molecular weight is 564 g/mol. The van der Waals surface area contributed by atoms with E-state index in [-0.39, 0.29) is 48.2 Å². The molecule has 38 heavy (non-hydrogen) atoms. The number of piperidine rings is 1. The van der Waals surface area contributed by atoms with Crippen molar-refractivity contribution < 1.29 is 22.7 Å². The van der Waals surface area contributed by atoms with Gasteiger partial charge in [0.2, 0.25) is 10.0 Å². The molecule has 10 heteroatoms. The third-order valence-corrected chi connectivity index (χ3v) is 9.15. The maximum atomic E-state index is 13.3. The number of likely N-dealkylation sites (N-methyl/N-ethyl adjacent to an activating group) is 1. The third kappa shape index (κ3) is 7.64. The van der Waals surface area contributed by atoms with Crippen LogP contribution >= 0.6 is 11.6 Å². The first kappa shape index (κ1) is 30.2. The summed E-state index contributed by atoms with van der Waals surface area (Å²) in [6.07, 6.45) is 0.837. The summed E-state index contributed by atoms with van der Waals surface area (Å²) in [4.78, 5) is 27.4. The van der Waals surface area contributed by atoms with Gasteiger partial charge >= 0.3 is 5.97 Å². The molecule has 0 radical (unpaired) electrons. The molecule has 1 atom stereocenters. The summed E-state index contributed by atoms with van der Waals surface area (Å²) in [6.45, 7) is 9.10. The summed E-state index contributed by atoms with van der Waals surface area (Å²) in [5.41, 5.74) is 1.45. The lowest BCUT2D eigenvalue weighted by molar-refractivity contribution is -0.149. The van der Waals surface area contributed by atoms with Crippen LogP contribution in [0.4, 0.5) is 0 Å². The lowest BCUT2D eigenvalue weighted by Crippen LogP contribution is -2.40. The number of carbonyl (C=O) groups excluding carboxylic acids is 2. The second-order valence-electron chi connectivity index (χ2n) is 9.30. The Hall–Kier alpha value is -2.30. The first-order valence-electron chi connectivity index (χ1n) is 13.2. The summed E-state index contributed by atoms with van der Waals surface area (Å²) in [5, 5.41) is 3.94. The monoisotopic (exact) mass is 563 g/mol. The van der Waals surface area contributed by atoms with E-state index < -0.39 is 10.0 Å². The zero-order chi connectivity index (χ0) is 27.7. The van der Waals surface area contributed by atoms with E-state index >= 15 is 0 Å². The number of hydrogen-bond acceptors (Lipinski definition) is 7. The van der Waals surface area contributed by atoms with Crippen molar-refractivity contribution in [2.45, 2.75) is 44.6 Å². The highest BCUT2D eigenvalue weighted by Gasteiger charge is 2.33. The highest BCUT2D eigenvalue weighted by Crippen LogP contribution is 2.26. The Balaban J connectivity index is 1.63. The zero-order valence-electron chi connectivity index (χ0n) is 22.4. The summed E-state index contributed by atoms with van der Waals surface area (Å²) < 4.78 is 33.0. The Morgan fingerprint density at radius 1 is 1.08 bits per heavy atom. The van der Waals surface area contributed by atoms with Gasteiger partial charge in [-0.25, -0.2) is 8.42 Å². The Morgan fingerprint density at radius 3 is 2.34 bits per heavy atom. The van der Waals surface area contributed by atoms with E-state index in [4.69, 9.17) is 16.3 Å². The standard InChI is InChI=1S/C28H38ClN3O5S/c1-4-31(5-2)26(21-10-12-24(29)13-11-21)19-30-20-27(33)23-8-7-9-25(18-23)38(35,36)32-16-14-22(15-17-32)28(34)37-6-3/h7-13,18,22,26,30H,4-6,14-17,19-20H2,1-3H3. The molecule has 3 rings (SSSR count). The quantitative estimate of drug-likeness (QED) is 0.289. The minimum atomic E-state index is -3.78. The summed E-state index contributed by atoms with van der Waals surface area (Å²) in [7, 11) is -3.78. The number of nitrogens with one attached hydrogen (secondary N) is 1. The molecule has 1 aliphatic rings. The van der Waals surface area contributed by atoms with E-state index in [1.54, 1.807) is 19.1 Å². The van der Waals surface area contributed by atoms with Gasteiger partial charge in [-0.3, -0.25) is 14.5 Å². The molecule has 1 N–H and O–H groups in total. The van der Waals surface area contributed by atoms with Gasteiger partial charge in [0.25, 0.3) is 0 Å². The number of halogens is 1. The van der Waals surface area contributed by atoms with Gasteiger partial charge < -0.3 is 10.1 Å². The molecular weight excluding hydrogens is 526 g/mol. The molecular formula is C28H38ClN3O5S. The van der Waals surface area contributed by atoms with Crippen molar-refractivity contribution in [3.63, 3.8) is 0 Å². The third-order valence-electron chi connectivity index (χ3n) is 7.00. The van der Waals surface area contributed by atoms with Crippen LogP contribution in [0.1, 0.15) is 55.6 Å². The van der Waals surface area contributed by atoms with Crippen LogP contribution in [-0.2, 0) is 19.6 Å². The number of hydrogen-bond donors (Lipinski definition) is 1. The second-order valence-corrected chi connectivity index (χ2v) is 11.7. The molecule has 1 aliphatic heterocycles. The Bertz CT molecular complexity index is 1180. The normalized spacial score (nSPS) is 15.9. The fraction of sp³-hybridized carbons (Fsp3) is 0.500. The number of esters is 1. The number of ketones is 1. The highest BCUT2D eigenvalue weighted by molar-refractivity contribution is 7.89. The minimum absolute atomic E-state index is 0.0688. The Labute approximate surface area is 231 Å². The van der Waals surface area contributed by atoms with E-state index in [2.05, 4.69) is 24.1 Å². The number of benzene rings is 2. The van der Waals surface area contributed by atoms with Crippen LogP contribution in [-0.4, -0.2) is 75.3 Å². The maximum Gasteiger partial charge on any atom is 0.309 e. The molecule has 0 aromatic heterocycles. The van der Waals surface area contributed by atoms with Crippen molar-refractivity contribution in [3.8, 4) is 0 Å². The molecule has 2 aromatic carbocycles. The number of nitrogens with zero attached hydrogens (tertiary/aromatic N) is 2. The highest BCUT2D eigenvalue weighted by atomic mass is 35.5. The van der Waals surface area contributed by atoms with Gasteiger partial charge in [0, 0.05) is 36.3 Å². The molecule has 1 saturated heterocycles. The topological polar surface area (TPSA) is 96.0 Å². The average Bonchev–Trinajstić information content (AvgIpc) is 2.93. The Morgan fingerprint density at radius 2 is 1.74 bits per heavy atom. The van der Waals surface area contributed by atoms with Crippen LogP contribution in [0.2, 0.25) is 5.02 Å². The number of sulfonamides is 1. The lowest BCUT2D eigenvalue weighted by atomic mass is 9.98. The fourth-order valence-corrected chi connectivity index (χ4v) is 6.44. The predicted octanol–water partition coefficient (Wildman–Crippen LogP) is 4.16. The van der Waals surface area contributed by atoms with E-state index in [0.29, 0.717) is 36.6 Å². The molecule has 1 fully saturated rings. The van der Waals surface area contributed by atoms with Crippen LogP contribution in [0.5, 0.6) is 0 Å². The van der Waals surface area contributed by atoms with Gasteiger partial charge in [-0.1, -0.05) is 49.7 Å². The molecule has 0 aliphatic carbocycles. The van der Waals surface area contributed by atoms with Crippen LogP contribution < -0.4 is 5.32 Å². The van der Waals surface area contributed by atoms with Gasteiger partial charge in [0.05, 0.1) is 24.0 Å². The van der Waals surface area contributed by atoms with E-state index in [1.165, 1.54) is 16.4 Å². The Kier molecular flexibility index (Phi) is 11.3. The fourth-order valence-electron chi connectivity index (χ4n) is 4.80. The van der Waals surface area contributed by atoms with Gasteiger partial charge in [0.15, 0.2) is 5.78 Å². The van der Waals surface area contributed by atoms with Crippen molar-refractivity contribution in [2.24, 2.45) is 5.92 Å². The van der Waals surface area contributed by atoms with Gasteiger partial charge in [-0.2, -0.15) is 4.31 Å². The molecule has 8 nitrogen and oxygen atoms in total. The molecule has 0 bridgehead atoms. The van der Waals surface area contributed by atoms with Crippen LogP contribution in [0, 0.1) is 5.92 Å². The van der Waals surface area contributed by atoms with Crippen molar-refractivity contribution >= 4 is 33.4 Å². The first-order valence-corrected chi connectivity index (χ1v) is 15.0. The second kappa shape index (κ2) is 14.2. The number of rotatable bonds is 13. The number of ether oxygens (including phenoxy) is 1. The van der Waals surface area contributed by atoms with Gasteiger partial charge in [-0.05, 0) is 62.7 Å². The van der Waals surface area contributed by atoms with E-state index in [0.717, 1.165) is 18.7 Å². The smallest absolute Gasteiger partial charge is 0.309 e. The minimum Gasteiger partial charge on any atom is -0.466 e. The zero-order valence-corrected chi connectivity index (χ0v) is 23.9. The molecule has 0 amide bonds. The number of Topliss-reactive ketones (excluding diaryl/α,β-unsaturated/α-hetero) is 1. The van der Waals surface area contributed by atoms with Crippen LogP contribution in [0.25, 0.3) is 0 Å². The van der Waals surface area contributed by atoms with Crippen LogP contribution in [0.15, 0.2) is 53.4 Å². The maximum absolute atomic E-state index is 13.3. The van der Waals surface area contributed by atoms with E-state index in [9.17, 15) is 18.0 Å². The van der Waals surface area contributed by atoms with E-state index in [1.807, 2.05) is 24.3 Å². The summed E-state index contributed by atoms with van der Waals surface area (Å²) in [5.74, 6) is -0.741. The molecule has 0 spiro atoms. The van der Waals surface area contributed by atoms with Crippen molar-refractivity contribution in [1.29, 1.82) is 0 Å². The van der Waals surface area contributed by atoms with Crippen LogP contribution in [0.3, 0.4) is 0 Å².